The maximum Gasteiger partial charge on any atom is 0.323 e. The molecular weight excluding hydrogens is 386 g/mol. The zero-order valence-corrected chi connectivity index (χ0v) is 17.5. The number of anilines is 1. The summed E-state index contributed by atoms with van der Waals surface area (Å²) in [6.45, 7) is 2.07. The van der Waals surface area contributed by atoms with Crippen molar-refractivity contribution in [1.82, 2.24) is 19.7 Å². The number of nitrogens with one attached hydrogen (secondary N) is 1. The molecular formula is C21H27N5O2S. The second-order valence-electron chi connectivity index (χ2n) is 8.45. The molecule has 154 valence electrons. The lowest BCUT2D eigenvalue weighted by Crippen LogP contribution is -2.42. The van der Waals surface area contributed by atoms with Gasteiger partial charge in [-0.1, -0.05) is 0 Å². The molecule has 3 heterocycles. The van der Waals surface area contributed by atoms with E-state index in [1.165, 1.54) is 23.4 Å². The lowest BCUT2D eigenvalue weighted by Gasteiger charge is -2.31. The molecule has 5 rings (SSSR count). The minimum Gasteiger partial charge on any atom is -0.324 e. The summed E-state index contributed by atoms with van der Waals surface area (Å²) in [6, 6.07) is 1.72. The number of nitrogens with zero attached hydrogens (tertiary/aromatic N) is 4. The van der Waals surface area contributed by atoms with Crippen LogP contribution in [0.25, 0.3) is 0 Å². The molecule has 7 nitrogen and oxygen atoms in total. The Bertz CT molecular complexity index is 950. The van der Waals surface area contributed by atoms with E-state index >= 15 is 0 Å². The standard InChI is InChI=1S/C21H27N5O2S/c27-19-12-15-4-3-6-16(15)24-26(19)13-14-8-10-25(11-9-14)21(28)23-20-22-17-5-1-2-7-18(17)29-20/h12,14H,1-11,13H2,(H,22,23,28). The van der Waals surface area contributed by atoms with Gasteiger partial charge in [0, 0.05) is 30.6 Å². The van der Waals surface area contributed by atoms with Gasteiger partial charge in [-0.25, -0.2) is 14.5 Å². The lowest BCUT2D eigenvalue weighted by molar-refractivity contribution is 0.174. The maximum atomic E-state index is 12.6. The van der Waals surface area contributed by atoms with Gasteiger partial charge in [-0.2, -0.15) is 5.10 Å². The first kappa shape index (κ1) is 18.8. The van der Waals surface area contributed by atoms with Crippen molar-refractivity contribution in [3.05, 3.63) is 38.2 Å². The molecule has 0 aromatic carbocycles. The van der Waals surface area contributed by atoms with E-state index < -0.39 is 0 Å². The second kappa shape index (κ2) is 7.89. The number of piperidine rings is 1. The van der Waals surface area contributed by atoms with Crippen molar-refractivity contribution in [3.8, 4) is 0 Å². The highest BCUT2D eigenvalue weighted by Crippen LogP contribution is 2.30. The number of carbonyl (C=O) groups excluding carboxylic acids is 1. The van der Waals surface area contributed by atoms with Crippen molar-refractivity contribution in [1.29, 1.82) is 0 Å². The van der Waals surface area contributed by atoms with Crippen LogP contribution in [0, 0.1) is 5.92 Å². The molecule has 0 radical (unpaired) electrons. The molecule has 1 fully saturated rings. The van der Waals surface area contributed by atoms with Crippen LogP contribution in [-0.4, -0.2) is 38.8 Å². The summed E-state index contributed by atoms with van der Waals surface area (Å²) in [5.41, 5.74) is 3.40. The molecule has 0 unspecified atom stereocenters. The maximum absolute atomic E-state index is 12.6. The first-order chi connectivity index (χ1) is 14.2. The van der Waals surface area contributed by atoms with E-state index in [1.54, 1.807) is 22.1 Å². The van der Waals surface area contributed by atoms with Crippen molar-refractivity contribution >= 4 is 22.5 Å². The zero-order chi connectivity index (χ0) is 19.8. The van der Waals surface area contributed by atoms with Crippen molar-refractivity contribution in [3.63, 3.8) is 0 Å². The molecule has 1 saturated heterocycles. The fourth-order valence-corrected chi connectivity index (χ4v) is 5.75. The molecule has 3 aliphatic rings. The van der Waals surface area contributed by atoms with Gasteiger partial charge in [-0.05, 0) is 69.3 Å². The molecule has 0 spiro atoms. The van der Waals surface area contributed by atoms with Gasteiger partial charge < -0.3 is 4.90 Å². The van der Waals surface area contributed by atoms with Gasteiger partial charge in [0.15, 0.2) is 5.13 Å². The topological polar surface area (TPSA) is 80.1 Å². The highest BCUT2D eigenvalue weighted by Gasteiger charge is 2.25. The van der Waals surface area contributed by atoms with Crippen molar-refractivity contribution in [2.45, 2.75) is 64.3 Å². The Kier molecular flexibility index (Phi) is 5.11. The molecule has 1 aliphatic heterocycles. The Hall–Kier alpha value is -2.22. The number of fused-ring (bicyclic) bond motifs is 2. The van der Waals surface area contributed by atoms with E-state index in [0.717, 1.165) is 61.3 Å². The fraction of sp³-hybridized carbons (Fsp3) is 0.619. The number of amides is 2. The van der Waals surface area contributed by atoms with E-state index in [-0.39, 0.29) is 11.6 Å². The van der Waals surface area contributed by atoms with Gasteiger partial charge >= 0.3 is 6.03 Å². The van der Waals surface area contributed by atoms with Crippen LogP contribution in [0.2, 0.25) is 0 Å². The number of aromatic nitrogens is 3. The number of likely N-dealkylation sites (tertiary alicyclic amines) is 1. The number of hydrogen-bond donors (Lipinski definition) is 1. The normalized spacial score (nSPS) is 19.1. The van der Waals surface area contributed by atoms with E-state index in [9.17, 15) is 9.59 Å². The smallest absolute Gasteiger partial charge is 0.323 e. The summed E-state index contributed by atoms with van der Waals surface area (Å²) < 4.78 is 1.64. The van der Waals surface area contributed by atoms with Gasteiger partial charge in [0.1, 0.15) is 0 Å². The number of aryl methyl sites for hydroxylation is 4. The van der Waals surface area contributed by atoms with Crippen molar-refractivity contribution in [2.24, 2.45) is 5.92 Å². The van der Waals surface area contributed by atoms with Gasteiger partial charge in [-0.15, -0.1) is 11.3 Å². The summed E-state index contributed by atoms with van der Waals surface area (Å²) in [5, 5.41) is 8.32. The SMILES string of the molecule is O=C(Nc1nc2c(s1)CCCC2)N1CCC(Cn2nc3c(cc2=O)CCC3)CC1. The Morgan fingerprint density at radius 3 is 2.72 bits per heavy atom. The second-order valence-corrected chi connectivity index (χ2v) is 9.53. The van der Waals surface area contributed by atoms with Crippen LogP contribution >= 0.6 is 11.3 Å². The zero-order valence-electron chi connectivity index (χ0n) is 16.7. The van der Waals surface area contributed by atoms with Crippen LogP contribution in [0.3, 0.4) is 0 Å². The largest absolute Gasteiger partial charge is 0.324 e. The third kappa shape index (κ3) is 3.95. The number of carbonyl (C=O) groups is 1. The van der Waals surface area contributed by atoms with Crippen LogP contribution < -0.4 is 10.9 Å². The molecule has 2 aromatic heterocycles. The number of hydrogen-bond acceptors (Lipinski definition) is 5. The summed E-state index contributed by atoms with van der Waals surface area (Å²) in [6.07, 6.45) is 9.38. The molecule has 2 aliphatic carbocycles. The number of rotatable bonds is 3. The van der Waals surface area contributed by atoms with Crippen LogP contribution in [0.4, 0.5) is 9.93 Å². The first-order valence-electron chi connectivity index (χ1n) is 10.8. The Balaban J connectivity index is 1.16. The van der Waals surface area contributed by atoms with Gasteiger partial charge in [0.2, 0.25) is 0 Å². The van der Waals surface area contributed by atoms with Crippen LogP contribution in [0.5, 0.6) is 0 Å². The average Bonchev–Trinajstić information content (AvgIpc) is 3.34. The van der Waals surface area contributed by atoms with Crippen LogP contribution in [-0.2, 0) is 32.2 Å². The van der Waals surface area contributed by atoms with Gasteiger partial charge in [-0.3, -0.25) is 10.1 Å². The molecule has 8 heteroatoms. The monoisotopic (exact) mass is 413 g/mol. The average molecular weight is 414 g/mol. The van der Waals surface area contributed by atoms with E-state index in [2.05, 4.69) is 15.4 Å². The third-order valence-electron chi connectivity index (χ3n) is 6.42. The molecule has 2 aromatic rings. The highest BCUT2D eigenvalue weighted by molar-refractivity contribution is 7.15. The lowest BCUT2D eigenvalue weighted by atomic mass is 9.97. The Morgan fingerprint density at radius 1 is 1.10 bits per heavy atom. The summed E-state index contributed by atoms with van der Waals surface area (Å²) in [5.74, 6) is 0.385. The molecule has 0 atom stereocenters. The molecule has 2 amide bonds. The molecule has 1 N–H and O–H groups in total. The van der Waals surface area contributed by atoms with E-state index in [0.29, 0.717) is 25.6 Å². The van der Waals surface area contributed by atoms with Crippen LogP contribution in [0.15, 0.2) is 10.9 Å². The Morgan fingerprint density at radius 2 is 1.90 bits per heavy atom. The van der Waals surface area contributed by atoms with Crippen LogP contribution in [0.1, 0.15) is 53.9 Å². The highest BCUT2D eigenvalue weighted by atomic mass is 32.1. The minimum absolute atomic E-state index is 0.0126. The molecule has 0 saturated carbocycles. The summed E-state index contributed by atoms with van der Waals surface area (Å²) >= 11 is 1.63. The predicted octanol–water partition coefficient (Wildman–Crippen LogP) is 3.01. The quantitative estimate of drug-likeness (QED) is 0.839. The third-order valence-corrected chi connectivity index (χ3v) is 7.49. The molecule has 0 bridgehead atoms. The molecule has 29 heavy (non-hydrogen) atoms. The summed E-state index contributed by atoms with van der Waals surface area (Å²) in [4.78, 5) is 32.8. The van der Waals surface area contributed by atoms with Crippen molar-refractivity contribution in [2.75, 3.05) is 18.4 Å². The van der Waals surface area contributed by atoms with E-state index in [1.807, 2.05) is 4.90 Å². The first-order valence-corrected chi connectivity index (χ1v) is 11.6. The van der Waals surface area contributed by atoms with E-state index in [4.69, 9.17) is 0 Å². The number of thiazole rings is 1. The van der Waals surface area contributed by atoms with Gasteiger partial charge in [0.05, 0.1) is 11.4 Å². The minimum atomic E-state index is -0.0534. The predicted molar refractivity (Wildman–Crippen MR) is 113 cm³/mol. The summed E-state index contributed by atoms with van der Waals surface area (Å²) in [7, 11) is 0. The van der Waals surface area contributed by atoms with Crippen molar-refractivity contribution < 1.29 is 4.79 Å². The van der Waals surface area contributed by atoms with Gasteiger partial charge in [0.25, 0.3) is 5.56 Å². The fourth-order valence-electron chi connectivity index (χ4n) is 4.71. The Labute approximate surface area is 174 Å². The number of urea groups is 1.